The van der Waals surface area contributed by atoms with Crippen LogP contribution in [0, 0.1) is 6.92 Å². The van der Waals surface area contributed by atoms with Crippen LogP contribution >= 0.6 is 23.4 Å². The summed E-state index contributed by atoms with van der Waals surface area (Å²) in [5, 5.41) is 6.07. The number of rotatable bonds is 7. The van der Waals surface area contributed by atoms with Crippen LogP contribution in [0.25, 0.3) is 0 Å². The Labute approximate surface area is 201 Å². The molecule has 0 unspecified atom stereocenters. The zero-order valence-corrected chi connectivity index (χ0v) is 19.5. The van der Waals surface area contributed by atoms with Gasteiger partial charge in [0.25, 0.3) is 0 Å². The van der Waals surface area contributed by atoms with Crippen LogP contribution < -0.4 is 15.4 Å². The predicted molar refractivity (Wildman–Crippen MR) is 133 cm³/mol. The molecule has 168 valence electrons. The Bertz CT molecular complexity index is 1180. The van der Waals surface area contributed by atoms with Crippen molar-refractivity contribution in [2.75, 3.05) is 5.32 Å². The van der Waals surface area contributed by atoms with Crippen molar-refractivity contribution >= 4 is 51.7 Å². The third kappa shape index (κ3) is 6.15. The second kappa shape index (κ2) is 10.6. The summed E-state index contributed by atoms with van der Waals surface area (Å²) in [6, 6.07) is 22.5. The van der Waals surface area contributed by atoms with E-state index in [2.05, 4.69) is 15.6 Å². The third-order valence-corrected chi connectivity index (χ3v) is 6.50. The van der Waals surface area contributed by atoms with E-state index in [9.17, 15) is 9.59 Å². The number of amides is 2. The summed E-state index contributed by atoms with van der Waals surface area (Å²) in [6.45, 7) is 2.32. The van der Waals surface area contributed by atoms with E-state index in [-0.39, 0.29) is 18.2 Å². The molecule has 0 spiro atoms. The molecule has 1 saturated heterocycles. The summed E-state index contributed by atoms with van der Waals surface area (Å²) >= 11 is 7.34. The van der Waals surface area contributed by atoms with Crippen molar-refractivity contribution in [2.24, 2.45) is 4.99 Å². The minimum Gasteiger partial charge on any atom is -0.489 e. The average molecular weight is 480 g/mol. The summed E-state index contributed by atoms with van der Waals surface area (Å²) in [5.74, 6) is 0.241. The van der Waals surface area contributed by atoms with Gasteiger partial charge in [-0.2, -0.15) is 0 Å². The Balaban J connectivity index is 1.32. The van der Waals surface area contributed by atoms with Crippen molar-refractivity contribution in [3.05, 3.63) is 88.9 Å². The molecule has 0 bridgehead atoms. The van der Waals surface area contributed by atoms with E-state index in [4.69, 9.17) is 16.3 Å². The van der Waals surface area contributed by atoms with E-state index in [1.54, 1.807) is 18.2 Å². The highest BCUT2D eigenvalue weighted by molar-refractivity contribution is 8.15. The average Bonchev–Trinajstić information content (AvgIpc) is 3.15. The van der Waals surface area contributed by atoms with Gasteiger partial charge < -0.3 is 15.4 Å². The lowest BCUT2D eigenvalue weighted by atomic mass is 10.2. The predicted octanol–water partition coefficient (Wildman–Crippen LogP) is 5.48. The summed E-state index contributed by atoms with van der Waals surface area (Å²) in [7, 11) is 0. The Morgan fingerprint density at radius 3 is 2.61 bits per heavy atom. The molecule has 0 aromatic heterocycles. The molecular weight excluding hydrogens is 458 g/mol. The molecule has 2 N–H and O–H groups in total. The Morgan fingerprint density at radius 2 is 1.85 bits per heavy atom. The molecule has 1 fully saturated rings. The zero-order valence-electron chi connectivity index (χ0n) is 17.9. The summed E-state index contributed by atoms with van der Waals surface area (Å²) < 4.78 is 5.78. The number of halogens is 1. The molecule has 2 amide bonds. The number of aliphatic imine (C=N–C) groups is 1. The van der Waals surface area contributed by atoms with Crippen LogP contribution in [0.2, 0.25) is 5.02 Å². The number of carbonyl (C=O) groups is 2. The second-order valence-electron chi connectivity index (χ2n) is 7.45. The van der Waals surface area contributed by atoms with Crippen LogP contribution in [0.15, 0.2) is 77.8 Å². The van der Waals surface area contributed by atoms with Crippen LogP contribution in [-0.2, 0) is 16.2 Å². The van der Waals surface area contributed by atoms with Gasteiger partial charge in [0.15, 0.2) is 5.17 Å². The largest absolute Gasteiger partial charge is 0.489 e. The van der Waals surface area contributed by atoms with Crippen LogP contribution in [0.4, 0.5) is 11.4 Å². The minimum atomic E-state index is -0.545. The molecule has 1 aliphatic rings. The molecule has 0 radical (unpaired) electrons. The number of anilines is 1. The highest BCUT2D eigenvalue weighted by atomic mass is 35.5. The molecule has 33 heavy (non-hydrogen) atoms. The van der Waals surface area contributed by atoms with Gasteiger partial charge in [-0.1, -0.05) is 59.8 Å². The fraction of sp³-hybridized carbons (Fsp3) is 0.160. The van der Waals surface area contributed by atoms with Gasteiger partial charge in [-0.05, 0) is 54.4 Å². The van der Waals surface area contributed by atoms with Crippen LogP contribution in [-0.4, -0.2) is 22.2 Å². The lowest BCUT2D eigenvalue weighted by molar-refractivity contribution is -0.122. The molecule has 1 atom stereocenters. The van der Waals surface area contributed by atoms with Crippen molar-refractivity contribution in [3.63, 3.8) is 0 Å². The van der Waals surface area contributed by atoms with Gasteiger partial charge in [-0.15, -0.1) is 0 Å². The maximum absolute atomic E-state index is 12.4. The van der Waals surface area contributed by atoms with Gasteiger partial charge in [-0.25, -0.2) is 4.99 Å². The van der Waals surface area contributed by atoms with Gasteiger partial charge in [0, 0.05) is 17.1 Å². The highest BCUT2D eigenvalue weighted by Crippen LogP contribution is 2.28. The van der Waals surface area contributed by atoms with Crippen molar-refractivity contribution < 1.29 is 14.3 Å². The number of hydrogen-bond acceptors (Lipinski definition) is 5. The lowest BCUT2D eigenvalue weighted by Gasteiger charge is -2.10. The molecule has 0 saturated carbocycles. The highest BCUT2D eigenvalue weighted by Gasteiger charge is 2.32. The van der Waals surface area contributed by atoms with E-state index in [1.165, 1.54) is 11.8 Å². The normalized spacial score (nSPS) is 16.5. The number of carbonyl (C=O) groups excluding carboxylic acids is 2. The number of amidine groups is 1. The monoisotopic (exact) mass is 479 g/mol. The summed E-state index contributed by atoms with van der Waals surface area (Å²) in [6.07, 6.45) is 0.0355. The first-order valence-corrected chi connectivity index (χ1v) is 11.6. The topological polar surface area (TPSA) is 79.8 Å². The van der Waals surface area contributed by atoms with E-state index >= 15 is 0 Å². The van der Waals surface area contributed by atoms with Crippen molar-refractivity contribution in [1.82, 2.24) is 5.32 Å². The van der Waals surface area contributed by atoms with Gasteiger partial charge >= 0.3 is 0 Å². The fourth-order valence-electron chi connectivity index (χ4n) is 3.18. The van der Waals surface area contributed by atoms with E-state index in [0.29, 0.717) is 28.2 Å². The van der Waals surface area contributed by atoms with Gasteiger partial charge in [0.2, 0.25) is 11.8 Å². The third-order valence-electron chi connectivity index (χ3n) is 5.00. The van der Waals surface area contributed by atoms with E-state index in [0.717, 1.165) is 16.9 Å². The number of ether oxygens (including phenoxy) is 1. The second-order valence-corrected chi connectivity index (χ2v) is 9.04. The standard InChI is InChI=1S/C25H22ClN3O3S/c1-16-20(26)8-5-9-21(16)28-23(30)14-22-24(31)29-25(33-22)27-18-10-12-19(13-11-18)32-15-17-6-3-2-4-7-17/h2-13,22H,14-15H2,1H3,(H,28,30)(H,27,29,31)/t22-/m1/s1. The quantitative estimate of drug-likeness (QED) is 0.470. The van der Waals surface area contributed by atoms with Gasteiger partial charge in [-0.3, -0.25) is 9.59 Å². The van der Waals surface area contributed by atoms with Crippen LogP contribution in [0.5, 0.6) is 5.75 Å². The number of hydrogen-bond donors (Lipinski definition) is 2. The van der Waals surface area contributed by atoms with E-state index in [1.807, 2.05) is 61.5 Å². The molecule has 0 aliphatic carbocycles. The Hall–Kier alpha value is -3.29. The molecule has 6 nitrogen and oxygen atoms in total. The number of nitrogens with zero attached hydrogens (tertiary/aromatic N) is 1. The molecule has 3 aromatic carbocycles. The first-order chi connectivity index (χ1) is 16.0. The van der Waals surface area contributed by atoms with Crippen molar-refractivity contribution in [2.45, 2.75) is 25.2 Å². The van der Waals surface area contributed by atoms with Crippen molar-refractivity contribution in [3.8, 4) is 5.75 Å². The van der Waals surface area contributed by atoms with Crippen LogP contribution in [0.1, 0.15) is 17.5 Å². The molecule has 1 aliphatic heterocycles. The molecule has 3 aromatic rings. The molecule has 8 heteroatoms. The zero-order chi connectivity index (χ0) is 23.2. The van der Waals surface area contributed by atoms with Gasteiger partial charge in [0.1, 0.15) is 17.6 Å². The fourth-order valence-corrected chi connectivity index (χ4v) is 4.34. The van der Waals surface area contributed by atoms with Gasteiger partial charge in [0.05, 0.1) is 5.69 Å². The summed E-state index contributed by atoms with van der Waals surface area (Å²) in [5.41, 5.74) is 3.20. The number of nitrogens with one attached hydrogen (secondary N) is 2. The smallest absolute Gasteiger partial charge is 0.240 e. The Kier molecular flexibility index (Phi) is 7.32. The number of thioether (sulfide) groups is 1. The van der Waals surface area contributed by atoms with Crippen molar-refractivity contribution in [1.29, 1.82) is 0 Å². The lowest BCUT2D eigenvalue weighted by Crippen LogP contribution is -2.28. The minimum absolute atomic E-state index is 0.0355. The molecular formula is C25H22ClN3O3S. The SMILES string of the molecule is Cc1c(Cl)cccc1NC(=O)C[C@H]1SC(=Nc2ccc(OCc3ccccc3)cc2)NC1=O. The summed E-state index contributed by atoms with van der Waals surface area (Å²) in [4.78, 5) is 29.2. The molecule has 4 rings (SSSR count). The Morgan fingerprint density at radius 1 is 1.09 bits per heavy atom. The first-order valence-electron chi connectivity index (χ1n) is 10.4. The maximum Gasteiger partial charge on any atom is 0.240 e. The maximum atomic E-state index is 12.4. The number of benzene rings is 3. The van der Waals surface area contributed by atoms with Crippen LogP contribution in [0.3, 0.4) is 0 Å². The first kappa shape index (κ1) is 22.9. The molecule has 1 heterocycles. The van der Waals surface area contributed by atoms with E-state index < -0.39 is 5.25 Å².